The molecule has 1 heterocycles. The molecule has 2 N–H and O–H groups in total. The number of aromatic nitrogens is 2. The van der Waals surface area contributed by atoms with Crippen molar-refractivity contribution in [2.75, 3.05) is 10.6 Å². The number of hydrogen-bond donors (Lipinski definition) is 2. The van der Waals surface area contributed by atoms with Crippen molar-refractivity contribution in [3.8, 4) is 0 Å². The highest BCUT2D eigenvalue weighted by atomic mass is 19.1. The SMILES string of the molecule is CCc1ccc(Nc2cc(C)nc(NCc3ccccc3F)n2)cc1. The molecule has 25 heavy (non-hydrogen) atoms. The maximum atomic E-state index is 13.7. The van der Waals surface area contributed by atoms with Crippen LogP contribution in [0.5, 0.6) is 0 Å². The minimum atomic E-state index is -0.239. The van der Waals surface area contributed by atoms with Crippen LogP contribution in [0, 0.1) is 12.7 Å². The van der Waals surface area contributed by atoms with Crippen LogP contribution in [0.2, 0.25) is 0 Å². The Bertz CT molecular complexity index is 847. The van der Waals surface area contributed by atoms with Gasteiger partial charge in [0.1, 0.15) is 11.6 Å². The highest BCUT2D eigenvalue weighted by molar-refractivity contribution is 5.58. The average molecular weight is 336 g/mol. The van der Waals surface area contributed by atoms with Gasteiger partial charge in [0.15, 0.2) is 0 Å². The molecule has 0 unspecified atom stereocenters. The molecule has 4 nitrogen and oxygen atoms in total. The fraction of sp³-hybridized carbons (Fsp3) is 0.200. The summed E-state index contributed by atoms with van der Waals surface area (Å²) in [7, 11) is 0. The second-order valence-electron chi connectivity index (χ2n) is 5.84. The number of nitrogens with one attached hydrogen (secondary N) is 2. The van der Waals surface area contributed by atoms with Crippen molar-refractivity contribution in [1.82, 2.24) is 9.97 Å². The molecule has 2 aromatic carbocycles. The summed E-state index contributed by atoms with van der Waals surface area (Å²) in [6, 6.07) is 16.8. The number of rotatable bonds is 6. The first-order chi connectivity index (χ1) is 12.1. The van der Waals surface area contributed by atoms with Crippen LogP contribution in [-0.4, -0.2) is 9.97 Å². The third-order valence-corrected chi connectivity index (χ3v) is 3.88. The van der Waals surface area contributed by atoms with Crippen molar-refractivity contribution in [3.63, 3.8) is 0 Å². The molecule has 0 amide bonds. The van der Waals surface area contributed by atoms with Crippen LogP contribution in [0.4, 0.5) is 21.8 Å². The van der Waals surface area contributed by atoms with Crippen LogP contribution in [0.25, 0.3) is 0 Å². The highest BCUT2D eigenvalue weighted by Gasteiger charge is 2.05. The van der Waals surface area contributed by atoms with E-state index in [1.165, 1.54) is 11.6 Å². The molecule has 5 heteroatoms. The lowest BCUT2D eigenvalue weighted by atomic mass is 10.1. The maximum absolute atomic E-state index is 13.7. The van der Waals surface area contributed by atoms with E-state index in [9.17, 15) is 4.39 Å². The van der Waals surface area contributed by atoms with Gasteiger partial charge in [0.05, 0.1) is 0 Å². The Morgan fingerprint density at radius 1 is 1.00 bits per heavy atom. The molecule has 128 valence electrons. The summed E-state index contributed by atoms with van der Waals surface area (Å²) in [5.41, 5.74) is 3.67. The summed E-state index contributed by atoms with van der Waals surface area (Å²) in [5, 5.41) is 6.37. The number of anilines is 3. The van der Waals surface area contributed by atoms with E-state index in [-0.39, 0.29) is 5.82 Å². The molecule has 0 spiro atoms. The Morgan fingerprint density at radius 2 is 1.76 bits per heavy atom. The molecule has 0 aliphatic carbocycles. The van der Waals surface area contributed by atoms with E-state index >= 15 is 0 Å². The standard InChI is InChI=1S/C20H21FN4/c1-3-15-8-10-17(11-9-15)24-19-12-14(2)23-20(25-19)22-13-16-6-4-5-7-18(16)21/h4-12H,3,13H2,1-2H3,(H2,22,23,24,25). The second-order valence-corrected chi connectivity index (χ2v) is 5.84. The molecule has 0 atom stereocenters. The van der Waals surface area contributed by atoms with Gasteiger partial charge in [0, 0.05) is 29.6 Å². The van der Waals surface area contributed by atoms with Gasteiger partial charge in [-0.25, -0.2) is 9.37 Å². The van der Waals surface area contributed by atoms with E-state index < -0.39 is 0 Å². The first-order valence-electron chi connectivity index (χ1n) is 8.33. The molecule has 0 aliphatic rings. The summed E-state index contributed by atoms with van der Waals surface area (Å²) < 4.78 is 13.7. The predicted octanol–water partition coefficient (Wildman–Crippen LogP) is 4.84. The average Bonchev–Trinajstić information content (AvgIpc) is 2.61. The van der Waals surface area contributed by atoms with E-state index in [1.807, 2.05) is 31.2 Å². The third-order valence-electron chi connectivity index (χ3n) is 3.88. The Kier molecular flexibility index (Phi) is 5.23. The van der Waals surface area contributed by atoms with Crippen molar-refractivity contribution < 1.29 is 4.39 Å². The van der Waals surface area contributed by atoms with Crippen LogP contribution < -0.4 is 10.6 Å². The van der Waals surface area contributed by atoms with Gasteiger partial charge >= 0.3 is 0 Å². The van der Waals surface area contributed by atoms with Crippen molar-refractivity contribution in [2.24, 2.45) is 0 Å². The monoisotopic (exact) mass is 336 g/mol. The molecule has 1 aromatic heterocycles. The molecule has 0 bridgehead atoms. The molecular weight excluding hydrogens is 315 g/mol. The quantitative estimate of drug-likeness (QED) is 0.676. The smallest absolute Gasteiger partial charge is 0.225 e. The van der Waals surface area contributed by atoms with Gasteiger partial charge in [-0.15, -0.1) is 0 Å². The predicted molar refractivity (Wildman–Crippen MR) is 99.6 cm³/mol. The molecular formula is C20H21FN4. The lowest BCUT2D eigenvalue weighted by Gasteiger charge is -2.11. The van der Waals surface area contributed by atoms with Crippen LogP contribution in [0.3, 0.4) is 0 Å². The number of hydrogen-bond acceptors (Lipinski definition) is 4. The molecule has 3 rings (SSSR count). The number of benzene rings is 2. The van der Waals surface area contributed by atoms with E-state index in [1.54, 1.807) is 12.1 Å². The Labute approximate surface area is 147 Å². The molecule has 3 aromatic rings. The number of nitrogens with zero attached hydrogens (tertiary/aromatic N) is 2. The largest absolute Gasteiger partial charge is 0.350 e. The van der Waals surface area contributed by atoms with Crippen molar-refractivity contribution in [2.45, 2.75) is 26.8 Å². The highest BCUT2D eigenvalue weighted by Crippen LogP contribution is 2.18. The van der Waals surface area contributed by atoms with Gasteiger partial charge in [-0.2, -0.15) is 4.98 Å². The minimum Gasteiger partial charge on any atom is -0.350 e. The van der Waals surface area contributed by atoms with E-state index in [2.05, 4.69) is 39.7 Å². The summed E-state index contributed by atoms with van der Waals surface area (Å²) in [6.07, 6.45) is 1.01. The zero-order valence-electron chi connectivity index (χ0n) is 14.4. The topological polar surface area (TPSA) is 49.8 Å². The summed E-state index contributed by atoms with van der Waals surface area (Å²) >= 11 is 0. The fourth-order valence-electron chi connectivity index (χ4n) is 2.50. The number of aryl methyl sites for hydroxylation is 2. The molecule has 0 radical (unpaired) electrons. The first-order valence-corrected chi connectivity index (χ1v) is 8.33. The van der Waals surface area contributed by atoms with Crippen molar-refractivity contribution >= 4 is 17.5 Å². The summed E-state index contributed by atoms with van der Waals surface area (Å²) in [5.74, 6) is 0.931. The Morgan fingerprint density at radius 3 is 2.48 bits per heavy atom. The van der Waals surface area contributed by atoms with Crippen LogP contribution in [0.15, 0.2) is 54.6 Å². The fourth-order valence-corrected chi connectivity index (χ4v) is 2.50. The van der Waals surface area contributed by atoms with Gasteiger partial charge in [-0.3, -0.25) is 0 Å². The van der Waals surface area contributed by atoms with Crippen LogP contribution in [0.1, 0.15) is 23.7 Å². The van der Waals surface area contributed by atoms with Crippen LogP contribution in [-0.2, 0) is 13.0 Å². The van der Waals surface area contributed by atoms with Gasteiger partial charge in [0.2, 0.25) is 5.95 Å². The minimum absolute atomic E-state index is 0.239. The number of halogens is 1. The third kappa shape index (κ3) is 4.53. The van der Waals surface area contributed by atoms with E-state index in [0.29, 0.717) is 23.9 Å². The van der Waals surface area contributed by atoms with E-state index in [0.717, 1.165) is 17.8 Å². The lowest BCUT2D eigenvalue weighted by molar-refractivity contribution is 0.612. The zero-order chi connectivity index (χ0) is 17.6. The molecule has 0 fully saturated rings. The first kappa shape index (κ1) is 16.9. The van der Waals surface area contributed by atoms with Gasteiger partial charge < -0.3 is 10.6 Å². The van der Waals surface area contributed by atoms with Crippen molar-refractivity contribution in [3.05, 3.63) is 77.2 Å². The van der Waals surface area contributed by atoms with Gasteiger partial charge in [0.25, 0.3) is 0 Å². The molecule has 0 saturated carbocycles. The Balaban J connectivity index is 1.72. The van der Waals surface area contributed by atoms with Gasteiger partial charge in [-0.1, -0.05) is 37.3 Å². The van der Waals surface area contributed by atoms with E-state index in [4.69, 9.17) is 0 Å². The summed E-state index contributed by atoms with van der Waals surface area (Å²) in [6.45, 7) is 4.37. The lowest BCUT2D eigenvalue weighted by Crippen LogP contribution is -2.07. The normalized spacial score (nSPS) is 10.5. The van der Waals surface area contributed by atoms with Crippen molar-refractivity contribution in [1.29, 1.82) is 0 Å². The van der Waals surface area contributed by atoms with Gasteiger partial charge in [-0.05, 0) is 37.1 Å². The second kappa shape index (κ2) is 7.75. The van der Waals surface area contributed by atoms with Crippen LogP contribution >= 0.6 is 0 Å². The summed E-state index contributed by atoms with van der Waals surface area (Å²) in [4.78, 5) is 8.82. The zero-order valence-corrected chi connectivity index (χ0v) is 14.4. The molecule has 0 aliphatic heterocycles. The Hall–Kier alpha value is -2.95. The molecule has 0 saturated heterocycles. The maximum Gasteiger partial charge on any atom is 0.225 e.